The monoisotopic (exact) mass is 318 g/mol. The lowest BCUT2D eigenvalue weighted by Gasteiger charge is -2.57. The third kappa shape index (κ3) is 2.93. The van der Waals surface area contributed by atoms with Crippen molar-refractivity contribution in [2.45, 2.75) is 44.9 Å². The normalized spacial score (nSPS) is 23.1. The van der Waals surface area contributed by atoms with Crippen molar-refractivity contribution in [1.29, 1.82) is 5.26 Å². The molecule has 23 heavy (non-hydrogen) atoms. The van der Waals surface area contributed by atoms with Crippen LogP contribution in [0.1, 0.15) is 32.9 Å². The van der Waals surface area contributed by atoms with Gasteiger partial charge in [-0.15, -0.1) is 0 Å². The number of pyridine rings is 1. The molecule has 7 heteroatoms. The lowest BCUT2D eigenvalue weighted by Crippen LogP contribution is -2.70. The van der Waals surface area contributed by atoms with Gasteiger partial charge in [0, 0.05) is 31.2 Å². The Hall–Kier alpha value is -2.36. The molecular weight excluding hydrogens is 299 g/mol. The van der Waals surface area contributed by atoms with Crippen LogP contribution in [0, 0.1) is 17.1 Å². The predicted molar refractivity (Wildman–Crippen MR) is 81.4 cm³/mol. The first-order valence-electron chi connectivity index (χ1n) is 7.60. The summed E-state index contributed by atoms with van der Waals surface area (Å²) in [7, 11) is 0. The molecule has 0 N–H and O–H groups in total. The number of anilines is 1. The summed E-state index contributed by atoms with van der Waals surface area (Å²) in [4.78, 5) is 19.7. The Kier molecular flexibility index (Phi) is 3.63. The van der Waals surface area contributed by atoms with E-state index in [-0.39, 0.29) is 23.9 Å². The van der Waals surface area contributed by atoms with E-state index in [1.165, 1.54) is 6.07 Å². The molecule has 0 saturated carbocycles. The van der Waals surface area contributed by atoms with Crippen molar-refractivity contribution < 1.29 is 13.9 Å². The quantitative estimate of drug-likeness (QED) is 0.794. The molecule has 0 spiro atoms. The SMILES string of the molecule is CC(C)(C)OC(=O)N1CC2CC(C1)N2c1cc(F)cnc1C#N. The summed E-state index contributed by atoms with van der Waals surface area (Å²) in [5.41, 5.74) is 0.197. The number of rotatable bonds is 1. The molecule has 3 fully saturated rings. The fraction of sp³-hybridized carbons (Fsp3) is 0.562. The minimum Gasteiger partial charge on any atom is -0.444 e. The first kappa shape index (κ1) is 15.5. The van der Waals surface area contributed by atoms with Crippen molar-refractivity contribution in [3.05, 3.63) is 23.8 Å². The maximum absolute atomic E-state index is 13.5. The van der Waals surface area contributed by atoms with E-state index < -0.39 is 11.4 Å². The van der Waals surface area contributed by atoms with Crippen molar-refractivity contribution in [2.24, 2.45) is 0 Å². The molecule has 1 aromatic rings. The molecule has 1 aromatic heterocycles. The zero-order chi connectivity index (χ0) is 16.8. The van der Waals surface area contributed by atoms with E-state index in [2.05, 4.69) is 4.98 Å². The summed E-state index contributed by atoms with van der Waals surface area (Å²) in [6.45, 7) is 6.51. The van der Waals surface area contributed by atoms with Crippen molar-refractivity contribution in [3.8, 4) is 6.07 Å². The molecule has 2 unspecified atom stereocenters. The smallest absolute Gasteiger partial charge is 0.410 e. The molecule has 6 nitrogen and oxygen atoms in total. The van der Waals surface area contributed by atoms with Crippen molar-refractivity contribution >= 4 is 11.8 Å². The average Bonchev–Trinajstić information content (AvgIpc) is 2.46. The number of aromatic nitrogens is 1. The molecule has 122 valence electrons. The van der Waals surface area contributed by atoms with Gasteiger partial charge in [-0.1, -0.05) is 0 Å². The van der Waals surface area contributed by atoms with Crippen LogP contribution in [-0.4, -0.2) is 46.8 Å². The van der Waals surface area contributed by atoms with Crippen LogP contribution in [0.5, 0.6) is 0 Å². The molecule has 0 aliphatic carbocycles. The molecule has 2 bridgehead atoms. The van der Waals surface area contributed by atoms with Gasteiger partial charge in [0.2, 0.25) is 0 Å². The third-order valence-electron chi connectivity index (χ3n) is 4.06. The summed E-state index contributed by atoms with van der Waals surface area (Å²) in [6.07, 6.45) is 1.63. The van der Waals surface area contributed by atoms with Crippen LogP contribution in [0.15, 0.2) is 12.3 Å². The lowest BCUT2D eigenvalue weighted by atomic mass is 9.86. The van der Waals surface area contributed by atoms with Crippen LogP contribution in [-0.2, 0) is 4.74 Å². The number of carbonyl (C=O) groups is 1. The second kappa shape index (κ2) is 5.37. The number of amides is 1. The first-order valence-corrected chi connectivity index (χ1v) is 7.60. The molecule has 3 aliphatic heterocycles. The topological polar surface area (TPSA) is 69.5 Å². The van der Waals surface area contributed by atoms with Gasteiger partial charge in [0.15, 0.2) is 5.69 Å². The van der Waals surface area contributed by atoms with Gasteiger partial charge in [0.1, 0.15) is 17.5 Å². The number of nitrogens with zero attached hydrogens (tertiary/aromatic N) is 4. The van der Waals surface area contributed by atoms with Crippen LogP contribution >= 0.6 is 0 Å². The Bertz CT molecular complexity index is 668. The van der Waals surface area contributed by atoms with E-state index in [1.807, 2.05) is 31.7 Å². The van der Waals surface area contributed by atoms with Crippen LogP contribution < -0.4 is 4.90 Å². The first-order chi connectivity index (χ1) is 10.8. The Morgan fingerprint density at radius 2 is 2.09 bits per heavy atom. The van der Waals surface area contributed by atoms with Crippen LogP contribution in [0.3, 0.4) is 0 Å². The zero-order valence-electron chi connectivity index (χ0n) is 13.4. The fourth-order valence-electron chi connectivity index (χ4n) is 3.19. The number of fused-ring (bicyclic) bond motifs is 2. The van der Waals surface area contributed by atoms with Gasteiger partial charge in [0.05, 0.1) is 11.9 Å². The molecule has 4 heterocycles. The van der Waals surface area contributed by atoms with Gasteiger partial charge in [-0.05, 0) is 27.2 Å². The number of halogens is 1. The molecule has 0 aromatic carbocycles. The van der Waals surface area contributed by atoms with E-state index in [9.17, 15) is 9.18 Å². The molecule has 0 radical (unpaired) electrons. The van der Waals surface area contributed by atoms with Crippen molar-refractivity contribution in [1.82, 2.24) is 9.88 Å². The summed E-state index contributed by atoms with van der Waals surface area (Å²) < 4.78 is 18.9. The van der Waals surface area contributed by atoms with Gasteiger partial charge in [-0.3, -0.25) is 0 Å². The van der Waals surface area contributed by atoms with Gasteiger partial charge in [-0.2, -0.15) is 5.26 Å². The largest absolute Gasteiger partial charge is 0.444 e. The van der Waals surface area contributed by atoms with E-state index in [0.29, 0.717) is 18.8 Å². The summed E-state index contributed by atoms with van der Waals surface area (Å²) in [5, 5.41) is 9.16. The summed E-state index contributed by atoms with van der Waals surface area (Å²) in [6, 6.07) is 3.48. The third-order valence-corrected chi connectivity index (χ3v) is 4.06. The molecule has 1 amide bonds. The van der Waals surface area contributed by atoms with E-state index in [0.717, 1.165) is 12.6 Å². The number of piperazine rings is 1. The summed E-state index contributed by atoms with van der Waals surface area (Å²) in [5.74, 6) is -0.465. The number of nitriles is 1. The lowest BCUT2D eigenvalue weighted by molar-refractivity contribution is 0.00854. The van der Waals surface area contributed by atoms with Gasteiger partial charge in [0.25, 0.3) is 0 Å². The zero-order valence-corrected chi connectivity index (χ0v) is 13.4. The van der Waals surface area contributed by atoms with Crippen molar-refractivity contribution in [3.63, 3.8) is 0 Å². The molecular formula is C16H19FN4O2. The molecule has 2 atom stereocenters. The molecule has 3 aliphatic rings. The molecule has 4 rings (SSSR count). The van der Waals surface area contributed by atoms with Crippen LogP contribution in [0.2, 0.25) is 0 Å². The Morgan fingerprint density at radius 1 is 1.43 bits per heavy atom. The fourth-order valence-corrected chi connectivity index (χ4v) is 3.19. The van der Waals surface area contributed by atoms with Crippen molar-refractivity contribution in [2.75, 3.05) is 18.0 Å². The minimum atomic E-state index is -0.529. The maximum Gasteiger partial charge on any atom is 0.410 e. The second-order valence-corrected chi connectivity index (χ2v) is 6.97. The van der Waals surface area contributed by atoms with Gasteiger partial charge < -0.3 is 14.5 Å². The Labute approximate surface area is 134 Å². The average molecular weight is 318 g/mol. The van der Waals surface area contributed by atoms with E-state index >= 15 is 0 Å². The molecule has 3 saturated heterocycles. The maximum atomic E-state index is 13.5. The van der Waals surface area contributed by atoms with Gasteiger partial charge in [-0.25, -0.2) is 14.2 Å². The highest BCUT2D eigenvalue weighted by atomic mass is 19.1. The number of piperidine rings is 1. The Balaban J connectivity index is 1.74. The standard InChI is InChI=1S/C16H19FN4O2/c1-16(2,3)23-15(22)20-8-11-5-12(9-20)21(11)14-4-10(17)7-19-13(14)6-18/h4,7,11-12H,5,8-9H2,1-3H3. The number of hydrogen-bond acceptors (Lipinski definition) is 5. The highest BCUT2D eigenvalue weighted by molar-refractivity contribution is 5.70. The summed E-state index contributed by atoms with van der Waals surface area (Å²) >= 11 is 0. The highest BCUT2D eigenvalue weighted by Crippen LogP contribution is 2.38. The van der Waals surface area contributed by atoms with E-state index in [1.54, 1.807) is 4.90 Å². The number of hydrogen-bond donors (Lipinski definition) is 0. The number of ether oxygens (including phenoxy) is 1. The van der Waals surface area contributed by atoms with E-state index in [4.69, 9.17) is 10.00 Å². The van der Waals surface area contributed by atoms with Crippen LogP contribution in [0.4, 0.5) is 14.9 Å². The highest BCUT2D eigenvalue weighted by Gasteiger charge is 2.47. The van der Waals surface area contributed by atoms with Gasteiger partial charge >= 0.3 is 6.09 Å². The number of carbonyl (C=O) groups excluding carboxylic acids is 1. The Morgan fingerprint density at radius 3 is 2.65 bits per heavy atom. The predicted octanol–water partition coefficient (Wildman–Crippen LogP) is 2.29. The van der Waals surface area contributed by atoms with Crippen LogP contribution in [0.25, 0.3) is 0 Å². The second-order valence-electron chi connectivity index (χ2n) is 6.97. The minimum absolute atomic E-state index is 0.0666.